The van der Waals surface area contributed by atoms with E-state index in [-0.39, 0.29) is 18.4 Å². The summed E-state index contributed by atoms with van der Waals surface area (Å²) in [5.41, 5.74) is 0.817. The van der Waals surface area contributed by atoms with Gasteiger partial charge in [0.2, 0.25) is 10.0 Å². The fraction of sp³-hybridized carbons (Fsp3) is 0.667. The molecule has 3 heterocycles. The van der Waals surface area contributed by atoms with Crippen LogP contribution in [0.3, 0.4) is 0 Å². The summed E-state index contributed by atoms with van der Waals surface area (Å²) in [7, 11) is -3.42. The third-order valence-corrected chi connectivity index (χ3v) is 7.44. The van der Waals surface area contributed by atoms with E-state index in [4.69, 9.17) is 11.6 Å². The van der Waals surface area contributed by atoms with Crippen LogP contribution in [0.4, 0.5) is 0 Å². The monoisotopic (exact) mass is 356 g/mol. The van der Waals surface area contributed by atoms with Crippen LogP contribution in [0.2, 0.25) is 4.34 Å². The second kappa shape index (κ2) is 6.10. The minimum atomic E-state index is -3.42. The van der Waals surface area contributed by atoms with E-state index in [1.165, 1.54) is 0 Å². The van der Waals surface area contributed by atoms with Crippen molar-refractivity contribution in [2.45, 2.75) is 54.9 Å². The molecule has 2 unspecified atom stereocenters. The Morgan fingerprint density at radius 2 is 1.95 bits per heavy atom. The van der Waals surface area contributed by atoms with E-state index < -0.39 is 10.0 Å². The van der Waals surface area contributed by atoms with E-state index in [2.05, 4.69) is 10.0 Å². The molecular formula is C12H18Cl2N2O2S2. The highest BCUT2D eigenvalue weighted by Gasteiger charge is 2.35. The maximum Gasteiger partial charge on any atom is 0.250 e. The van der Waals surface area contributed by atoms with Crippen LogP contribution in [-0.4, -0.2) is 26.5 Å². The van der Waals surface area contributed by atoms with Crippen molar-refractivity contribution in [3.05, 3.63) is 16.0 Å². The molecule has 114 valence electrons. The van der Waals surface area contributed by atoms with E-state index in [1.54, 1.807) is 6.07 Å². The van der Waals surface area contributed by atoms with Crippen molar-refractivity contribution in [3.63, 3.8) is 0 Å². The molecule has 0 aliphatic carbocycles. The SMILES string of the molecule is Cc1cc(S(=O)(=O)NC2CC3CCC(C2)N3)sc1Cl.Cl. The van der Waals surface area contributed by atoms with Gasteiger partial charge in [0.05, 0.1) is 4.34 Å². The van der Waals surface area contributed by atoms with Crippen molar-refractivity contribution >= 4 is 45.4 Å². The summed E-state index contributed by atoms with van der Waals surface area (Å²) in [6.45, 7) is 1.82. The molecule has 2 bridgehead atoms. The summed E-state index contributed by atoms with van der Waals surface area (Å²) in [6.07, 6.45) is 4.08. The van der Waals surface area contributed by atoms with Crippen molar-refractivity contribution < 1.29 is 8.42 Å². The Morgan fingerprint density at radius 3 is 2.45 bits per heavy atom. The number of halogens is 2. The minimum Gasteiger partial charge on any atom is -0.311 e. The lowest BCUT2D eigenvalue weighted by atomic mass is 10.0. The van der Waals surface area contributed by atoms with Crippen molar-refractivity contribution in [2.75, 3.05) is 0 Å². The molecule has 2 atom stereocenters. The number of sulfonamides is 1. The fourth-order valence-electron chi connectivity index (χ4n) is 3.00. The van der Waals surface area contributed by atoms with E-state index >= 15 is 0 Å². The molecule has 8 heteroatoms. The quantitative estimate of drug-likeness (QED) is 0.875. The Bertz CT molecular complexity index is 557. The molecular weight excluding hydrogens is 339 g/mol. The van der Waals surface area contributed by atoms with Gasteiger partial charge in [-0.1, -0.05) is 11.6 Å². The first-order valence-corrected chi connectivity index (χ1v) is 9.16. The lowest BCUT2D eigenvalue weighted by molar-refractivity contribution is 0.345. The third-order valence-electron chi connectivity index (χ3n) is 3.89. The normalized spacial score (nSPS) is 29.2. The minimum absolute atomic E-state index is 0. The van der Waals surface area contributed by atoms with Gasteiger partial charge in [-0.15, -0.1) is 23.7 Å². The number of aryl methyl sites for hydroxylation is 1. The molecule has 0 aromatic carbocycles. The topological polar surface area (TPSA) is 58.2 Å². The molecule has 2 fully saturated rings. The highest BCUT2D eigenvalue weighted by molar-refractivity contribution is 7.91. The lowest BCUT2D eigenvalue weighted by Crippen LogP contribution is -2.47. The summed E-state index contributed by atoms with van der Waals surface area (Å²) in [4.78, 5) is 0. The van der Waals surface area contributed by atoms with Crippen LogP contribution < -0.4 is 10.0 Å². The summed E-state index contributed by atoms with van der Waals surface area (Å²) in [6, 6.07) is 2.63. The summed E-state index contributed by atoms with van der Waals surface area (Å²) >= 11 is 7.08. The first kappa shape index (κ1) is 16.5. The van der Waals surface area contributed by atoms with Gasteiger partial charge in [0, 0.05) is 18.1 Å². The molecule has 0 amide bonds. The highest BCUT2D eigenvalue weighted by atomic mass is 35.5. The van der Waals surface area contributed by atoms with Gasteiger partial charge in [-0.2, -0.15) is 0 Å². The average Bonchev–Trinajstić information content (AvgIpc) is 2.83. The van der Waals surface area contributed by atoms with Crippen LogP contribution in [0, 0.1) is 6.92 Å². The number of fused-ring (bicyclic) bond motifs is 2. The molecule has 4 nitrogen and oxygen atoms in total. The highest BCUT2D eigenvalue weighted by Crippen LogP contribution is 2.32. The second-order valence-electron chi connectivity index (χ2n) is 5.45. The first-order valence-electron chi connectivity index (χ1n) is 6.48. The van der Waals surface area contributed by atoms with Gasteiger partial charge in [0.1, 0.15) is 4.21 Å². The van der Waals surface area contributed by atoms with Crippen molar-refractivity contribution in [1.82, 2.24) is 10.0 Å². The standard InChI is InChI=1S/C12H17ClN2O2S2.ClH/c1-7-4-11(18-12(7)13)19(16,17)15-10-5-8-2-3-9(6-10)14-8;/h4,8-10,14-15H,2-3,5-6H2,1H3;1H. The number of hydrogen-bond donors (Lipinski definition) is 2. The van der Waals surface area contributed by atoms with Crippen LogP contribution in [0.15, 0.2) is 10.3 Å². The zero-order chi connectivity index (χ0) is 13.6. The van der Waals surface area contributed by atoms with Crippen molar-refractivity contribution in [3.8, 4) is 0 Å². The average molecular weight is 357 g/mol. The molecule has 2 aliphatic heterocycles. The zero-order valence-electron chi connectivity index (χ0n) is 11.1. The zero-order valence-corrected chi connectivity index (χ0v) is 14.3. The Hall–Kier alpha value is 0.150. The Balaban J connectivity index is 0.00000147. The molecule has 1 aromatic rings. The van der Waals surface area contributed by atoms with Crippen molar-refractivity contribution in [1.29, 1.82) is 0 Å². The molecule has 20 heavy (non-hydrogen) atoms. The second-order valence-corrected chi connectivity index (χ2v) is 9.04. The van der Waals surface area contributed by atoms with Gasteiger partial charge in [-0.05, 0) is 44.2 Å². The molecule has 3 rings (SSSR count). The number of hydrogen-bond acceptors (Lipinski definition) is 4. The van der Waals surface area contributed by atoms with Crippen molar-refractivity contribution in [2.24, 2.45) is 0 Å². The molecule has 2 aliphatic rings. The predicted molar refractivity (Wildman–Crippen MR) is 84.6 cm³/mol. The molecule has 0 saturated carbocycles. The van der Waals surface area contributed by atoms with Crippen LogP contribution in [0.1, 0.15) is 31.2 Å². The molecule has 2 saturated heterocycles. The third kappa shape index (κ3) is 3.31. The van der Waals surface area contributed by atoms with Crippen LogP contribution in [0.5, 0.6) is 0 Å². The Kier molecular flexibility index (Phi) is 5.04. The molecule has 0 spiro atoms. The van der Waals surface area contributed by atoms with Gasteiger partial charge in [0.25, 0.3) is 0 Å². The molecule has 0 radical (unpaired) electrons. The fourth-order valence-corrected chi connectivity index (χ4v) is 5.98. The van der Waals surface area contributed by atoms with E-state index in [0.717, 1.165) is 42.6 Å². The summed E-state index contributed by atoms with van der Waals surface area (Å²) in [5.74, 6) is 0. The van der Waals surface area contributed by atoms with E-state index in [1.807, 2.05) is 6.92 Å². The number of thiophene rings is 1. The van der Waals surface area contributed by atoms with Gasteiger partial charge < -0.3 is 5.32 Å². The summed E-state index contributed by atoms with van der Waals surface area (Å²) in [5, 5.41) is 3.51. The van der Waals surface area contributed by atoms with Gasteiger partial charge in [-0.3, -0.25) is 0 Å². The largest absolute Gasteiger partial charge is 0.311 e. The number of piperidine rings is 1. The van der Waals surface area contributed by atoms with Crippen LogP contribution >= 0.6 is 35.3 Å². The van der Waals surface area contributed by atoms with E-state index in [9.17, 15) is 8.42 Å². The van der Waals surface area contributed by atoms with E-state index in [0.29, 0.717) is 20.6 Å². The lowest BCUT2D eigenvalue weighted by Gasteiger charge is -2.29. The summed E-state index contributed by atoms with van der Waals surface area (Å²) < 4.78 is 28.3. The maximum absolute atomic E-state index is 12.3. The Labute approximate surface area is 134 Å². The number of nitrogens with one attached hydrogen (secondary N) is 2. The van der Waals surface area contributed by atoms with Gasteiger partial charge in [0.15, 0.2) is 0 Å². The van der Waals surface area contributed by atoms with Crippen LogP contribution in [0.25, 0.3) is 0 Å². The van der Waals surface area contributed by atoms with Gasteiger partial charge >= 0.3 is 0 Å². The molecule has 1 aromatic heterocycles. The maximum atomic E-state index is 12.3. The van der Waals surface area contributed by atoms with Gasteiger partial charge in [-0.25, -0.2) is 13.1 Å². The van der Waals surface area contributed by atoms with Crippen LogP contribution in [-0.2, 0) is 10.0 Å². The molecule has 2 N–H and O–H groups in total. The number of rotatable bonds is 3. The first-order chi connectivity index (χ1) is 8.94. The smallest absolute Gasteiger partial charge is 0.250 e. The predicted octanol–water partition coefficient (Wildman–Crippen LogP) is 2.69. The Morgan fingerprint density at radius 1 is 1.35 bits per heavy atom.